The van der Waals surface area contributed by atoms with Crippen LogP contribution in [-0.2, 0) is 29.8 Å². The van der Waals surface area contributed by atoms with Crippen molar-refractivity contribution in [2.24, 2.45) is 0 Å². The molecular weight excluding hydrogens is 377 g/mol. The van der Waals surface area contributed by atoms with E-state index in [4.69, 9.17) is 25.0 Å². The maximum atomic E-state index is 11.1. The Morgan fingerprint density at radius 1 is 1.05 bits per heavy atom. The number of hydrogen-bond acceptors (Lipinski definition) is 7. The number of carbonyl (C=O) groups excluding carboxylic acids is 1. The molecule has 0 heterocycles. The molecule has 0 rings (SSSR count). The predicted molar refractivity (Wildman–Crippen MR) is 97.4 cm³/mol. The van der Waals surface area contributed by atoms with Crippen LogP contribution in [0.5, 0.6) is 0 Å². The lowest BCUT2D eigenvalue weighted by Gasteiger charge is -2.16. The van der Waals surface area contributed by atoms with Crippen molar-refractivity contribution in [2.45, 2.75) is 45.6 Å². The lowest BCUT2D eigenvalue weighted by Crippen LogP contribution is -2.29. The Hall–Kier alpha value is 0.571. The van der Waals surface area contributed by atoms with E-state index < -0.39 is 49.3 Å². The Balaban J connectivity index is 3.58. The Morgan fingerprint density at radius 2 is 1.71 bits per heavy atom. The van der Waals surface area contributed by atoms with Crippen LogP contribution in [0.25, 0.3) is 0 Å². The van der Waals surface area contributed by atoms with Gasteiger partial charge in [0, 0.05) is 6.92 Å². The fourth-order valence-corrected chi connectivity index (χ4v) is 11.5. The fourth-order valence-electron chi connectivity index (χ4n) is 1.53. The third kappa shape index (κ3) is 16.8. The SMILES string of the molecule is CCCCCC[SiH](O[SiH2]O[SiH2]O[SiH2]O[SiH2]O[SiH3])OC(C)=O. The molecule has 0 radical (unpaired) electrons. The first-order chi connectivity index (χ1) is 10.2. The fraction of sp³-hybridized carbons (Fsp3) is 0.875. The highest BCUT2D eigenvalue weighted by Crippen LogP contribution is 2.08. The Kier molecular flexibility index (Phi) is 17.4. The molecule has 0 N–H and O–H groups in total. The largest absolute Gasteiger partial charge is 0.497 e. The minimum Gasteiger partial charge on any atom is -0.497 e. The van der Waals surface area contributed by atoms with E-state index in [2.05, 4.69) is 6.92 Å². The van der Waals surface area contributed by atoms with Gasteiger partial charge in [0.05, 0.1) is 0 Å². The van der Waals surface area contributed by atoms with Crippen molar-refractivity contribution in [1.82, 2.24) is 0 Å². The molecule has 0 spiro atoms. The Bertz CT molecular complexity index is 249. The second kappa shape index (κ2) is 16.9. The molecule has 0 saturated carbocycles. The first-order valence-corrected chi connectivity index (χ1v) is 14.4. The van der Waals surface area contributed by atoms with Crippen molar-refractivity contribution < 1.29 is 29.8 Å². The summed E-state index contributed by atoms with van der Waals surface area (Å²) in [7, 11) is -4.86. The van der Waals surface area contributed by atoms with Gasteiger partial charge in [0.25, 0.3) is 46.0 Å². The number of unbranched alkanes of at least 4 members (excludes halogenated alkanes) is 3. The standard InChI is InChI=1S/C8H28O7Si6/c1-3-4-5-6-7-21(10-8(2)9)15-20-14-19-13-18-12-17-11-16/h21H,3-7,17-20H2,1-2,16H3. The van der Waals surface area contributed by atoms with Gasteiger partial charge >= 0.3 is 9.28 Å². The minimum absolute atomic E-state index is 0.251. The van der Waals surface area contributed by atoms with E-state index in [1.165, 1.54) is 26.2 Å². The molecule has 126 valence electrons. The molecule has 0 aliphatic heterocycles. The molecule has 7 nitrogen and oxygen atoms in total. The smallest absolute Gasteiger partial charge is 0.376 e. The molecule has 0 aromatic carbocycles. The lowest BCUT2D eigenvalue weighted by atomic mass is 10.2. The molecule has 0 aromatic rings. The summed E-state index contributed by atoms with van der Waals surface area (Å²) >= 11 is 0. The molecule has 0 aromatic heterocycles. The van der Waals surface area contributed by atoms with Crippen LogP contribution in [-0.4, -0.2) is 65.8 Å². The molecule has 21 heavy (non-hydrogen) atoms. The lowest BCUT2D eigenvalue weighted by molar-refractivity contribution is -0.133. The highest BCUT2D eigenvalue weighted by atomic mass is 28.4. The summed E-state index contributed by atoms with van der Waals surface area (Å²) in [5.74, 6) is -0.251. The maximum absolute atomic E-state index is 11.1. The van der Waals surface area contributed by atoms with Gasteiger partial charge in [-0.2, -0.15) is 0 Å². The van der Waals surface area contributed by atoms with Crippen LogP contribution in [0.15, 0.2) is 0 Å². The van der Waals surface area contributed by atoms with E-state index in [9.17, 15) is 4.79 Å². The van der Waals surface area contributed by atoms with Crippen molar-refractivity contribution in [3.63, 3.8) is 0 Å². The zero-order chi connectivity index (χ0) is 15.8. The van der Waals surface area contributed by atoms with Crippen molar-refractivity contribution in [3.8, 4) is 0 Å². The first-order valence-electron chi connectivity index (χ1n) is 7.21. The molecule has 0 fully saturated rings. The van der Waals surface area contributed by atoms with E-state index in [0.717, 1.165) is 23.0 Å². The molecule has 0 saturated heterocycles. The quantitative estimate of drug-likeness (QED) is 0.209. The van der Waals surface area contributed by atoms with Gasteiger partial charge in [0.1, 0.15) is 10.5 Å². The summed E-state index contributed by atoms with van der Waals surface area (Å²) in [6.07, 6.45) is 4.64. The molecule has 0 amide bonds. The summed E-state index contributed by atoms with van der Waals surface area (Å²) < 4.78 is 32.1. The van der Waals surface area contributed by atoms with E-state index in [-0.39, 0.29) is 5.97 Å². The third-order valence-electron chi connectivity index (χ3n) is 2.46. The zero-order valence-electron chi connectivity index (χ0n) is 13.3. The second-order valence-electron chi connectivity index (χ2n) is 4.43. The van der Waals surface area contributed by atoms with E-state index in [1.54, 1.807) is 0 Å². The van der Waals surface area contributed by atoms with Gasteiger partial charge in [0.15, 0.2) is 0 Å². The van der Waals surface area contributed by atoms with E-state index in [0.29, 0.717) is 0 Å². The molecule has 0 aliphatic carbocycles. The van der Waals surface area contributed by atoms with Gasteiger partial charge in [-0.1, -0.05) is 32.6 Å². The van der Waals surface area contributed by atoms with Gasteiger partial charge in [-0.25, -0.2) is 0 Å². The summed E-state index contributed by atoms with van der Waals surface area (Å²) in [4.78, 5) is 11.1. The van der Waals surface area contributed by atoms with E-state index in [1.807, 2.05) is 0 Å². The number of carbonyl (C=O) groups is 1. The van der Waals surface area contributed by atoms with Gasteiger partial charge in [0.2, 0.25) is 0 Å². The highest BCUT2D eigenvalue weighted by Gasteiger charge is 2.16. The average Bonchev–Trinajstić information content (AvgIpc) is 2.45. The van der Waals surface area contributed by atoms with Crippen LogP contribution in [0.1, 0.15) is 39.5 Å². The van der Waals surface area contributed by atoms with Gasteiger partial charge < -0.3 is 25.0 Å². The maximum Gasteiger partial charge on any atom is 0.376 e. The van der Waals surface area contributed by atoms with Crippen molar-refractivity contribution >= 4 is 65.8 Å². The van der Waals surface area contributed by atoms with Crippen molar-refractivity contribution in [1.29, 1.82) is 0 Å². The highest BCUT2D eigenvalue weighted by molar-refractivity contribution is 6.55. The number of hydrogen-bond donors (Lipinski definition) is 0. The summed E-state index contributed by atoms with van der Waals surface area (Å²) in [5.41, 5.74) is 0. The zero-order valence-corrected chi connectivity index (χ0v) is 22.1. The molecule has 0 bridgehead atoms. The summed E-state index contributed by atoms with van der Waals surface area (Å²) in [6, 6.07) is 0.875. The molecule has 1 atom stereocenters. The van der Waals surface area contributed by atoms with Crippen LogP contribution in [0.3, 0.4) is 0 Å². The Labute approximate surface area is 141 Å². The third-order valence-corrected chi connectivity index (χ3v) is 10.9. The van der Waals surface area contributed by atoms with Crippen molar-refractivity contribution in [2.75, 3.05) is 0 Å². The van der Waals surface area contributed by atoms with Crippen molar-refractivity contribution in [3.05, 3.63) is 0 Å². The van der Waals surface area contributed by atoms with Gasteiger partial charge in [-0.05, 0) is 6.04 Å². The predicted octanol–water partition coefficient (Wildman–Crippen LogP) is -3.29. The first kappa shape index (κ1) is 21.6. The van der Waals surface area contributed by atoms with Gasteiger partial charge in [-0.15, -0.1) is 0 Å². The molecular formula is C8H28O7Si6. The Morgan fingerprint density at radius 3 is 2.33 bits per heavy atom. The molecule has 0 aliphatic rings. The van der Waals surface area contributed by atoms with Crippen LogP contribution in [0.2, 0.25) is 6.04 Å². The minimum atomic E-state index is -1.88. The van der Waals surface area contributed by atoms with Gasteiger partial charge in [-0.3, -0.25) is 4.79 Å². The average molecular weight is 405 g/mol. The second-order valence-corrected chi connectivity index (χ2v) is 15.6. The summed E-state index contributed by atoms with van der Waals surface area (Å²) in [6.45, 7) is 3.61. The molecule has 1 unspecified atom stereocenters. The summed E-state index contributed by atoms with van der Waals surface area (Å²) in [5, 5.41) is 0. The van der Waals surface area contributed by atoms with Crippen LogP contribution >= 0.6 is 0 Å². The number of rotatable bonds is 15. The van der Waals surface area contributed by atoms with E-state index >= 15 is 0 Å². The topological polar surface area (TPSA) is 72.5 Å². The van der Waals surface area contributed by atoms with Crippen LogP contribution in [0, 0.1) is 0 Å². The van der Waals surface area contributed by atoms with Crippen LogP contribution in [0.4, 0.5) is 0 Å². The normalized spacial score (nSPS) is 14.8. The van der Waals surface area contributed by atoms with Crippen LogP contribution < -0.4 is 0 Å². The molecule has 13 heteroatoms. The monoisotopic (exact) mass is 404 g/mol.